The number of carbonyl (C=O) groups is 1. The minimum Gasteiger partial charge on any atom is -0.439 e. The first kappa shape index (κ1) is 9.96. The summed E-state index contributed by atoms with van der Waals surface area (Å²) in [5, 5.41) is 0. The SMILES string of the molecule is CC.CC(=O)c1ncc(C2CC2)o1. The molecular weight excluding hydrogens is 166 g/mol. The molecule has 0 radical (unpaired) electrons. The molecule has 0 bridgehead atoms. The maximum Gasteiger partial charge on any atom is 0.262 e. The van der Waals surface area contributed by atoms with E-state index in [1.165, 1.54) is 19.8 Å². The van der Waals surface area contributed by atoms with Crippen molar-refractivity contribution < 1.29 is 9.21 Å². The van der Waals surface area contributed by atoms with E-state index in [4.69, 9.17) is 4.42 Å². The summed E-state index contributed by atoms with van der Waals surface area (Å²) in [6.45, 7) is 5.46. The first-order chi connectivity index (χ1) is 6.27. The predicted molar refractivity (Wildman–Crippen MR) is 49.8 cm³/mol. The van der Waals surface area contributed by atoms with Crippen LogP contribution in [-0.2, 0) is 0 Å². The van der Waals surface area contributed by atoms with Crippen molar-refractivity contribution in [1.29, 1.82) is 0 Å². The summed E-state index contributed by atoms with van der Waals surface area (Å²) in [5.41, 5.74) is 0. The van der Waals surface area contributed by atoms with Crippen LogP contribution in [0.25, 0.3) is 0 Å². The van der Waals surface area contributed by atoms with Crippen molar-refractivity contribution in [2.45, 2.75) is 39.5 Å². The van der Waals surface area contributed by atoms with Gasteiger partial charge in [0.1, 0.15) is 5.76 Å². The number of rotatable bonds is 2. The molecule has 0 saturated heterocycles. The van der Waals surface area contributed by atoms with Crippen molar-refractivity contribution in [3.63, 3.8) is 0 Å². The maximum absolute atomic E-state index is 10.7. The molecule has 1 aromatic heterocycles. The molecule has 0 aliphatic heterocycles. The lowest BCUT2D eigenvalue weighted by molar-refractivity contribution is 0.0979. The Morgan fingerprint density at radius 2 is 2.15 bits per heavy atom. The number of hydrogen-bond acceptors (Lipinski definition) is 3. The number of oxazole rings is 1. The van der Waals surface area contributed by atoms with Crippen LogP contribution >= 0.6 is 0 Å². The van der Waals surface area contributed by atoms with Gasteiger partial charge in [-0.05, 0) is 12.8 Å². The van der Waals surface area contributed by atoms with E-state index in [-0.39, 0.29) is 11.7 Å². The second kappa shape index (κ2) is 4.21. The fourth-order valence-corrected chi connectivity index (χ4v) is 1.01. The molecule has 3 nitrogen and oxygen atoms in total. The highest BCUT2D eigenvalue weighted by molar-refractivity contribution is 5.89. The summed E-state index contributed by atoms with van der Waals surface area (Å²) in [6, 6.07) is 0. The zero-order valence-electron chi connectivity index (χ0n) is 8.33. The first-order valence-electron chi connectivity index (χ1n) is 4.74. The van der Waals surface area contributed by atoms with Gasteiger partial charge in [-0.2, -0.15) is 0 Å². The fourth-order valence-electron chi connectivity index (χ4n) is 1.01. The Kier molecular flexibility index (Phi) is 3.23. The summed E-state index contributed by atoms with van der Waals surface area (Å²) in [7, 11) is 0. The smallest absolute Gasteiger partial charge is 0.262 e. The molecule has 1 aliphatic carbocycles. The van der Waals surface area contributed by atoms with E-state index in [0.717, 1.165) is 5.76 Å². The lowest BCUT2D eigenvalue weighted by Crippen LogP contribution is -1.89. The third-order valence-electron chi connectivity index (χ3n) is 1.80. The van der Waals surface area contributed by atoms with Crippen molar-refractivity contribution in [1.82, 2.24) is 4.98 Å². The van der Waals surface area contributed by atoms with E-state index in [1.54, 1.807) is 6.20 Å². The molecule has 0 atom stereocenters. The van der Waals surface area contributed by atoms with Gasteiger partial charge in [0.25, 0.3) is 5.89 Å². The summed E-state index contributed by atoms with van der Waals surface area (Å²) >= 11 is 0. The van der Waals surface area contributed by atoms with E-state index in [2.05, 4.69) is 4.98 Å². The third kappa shape index (κ3) is 2.41. The van der Waals surface area contributed by atoms with E-state index >= 15 is 0 Å². The van der Waals surface area contributed by atoms with Gasteiger partial charge in [-0.15, -0.1) is 0 Å². The van der Waals surface area contributed by atoms with Crippen molar-refractivity contribution in [2.24, 2.45) is 0 Å². The zero-order chi connectivity index (χ0) is 9.84. The molecular formula is C10H15NO2. The summed E-state index contributed by atoms with van der Waals surface area (Å²) < 4.78 is 5.21. The molecule has 1 saturated carbocycles. The molecule has 0 amide bonds. The standard InChI is InChI=1S/C8H9NO2.C2H6/c1-5(10)8-9-4-7(11-8)6-2-3-6;1-2/h4,6H,2-3H2,1H3;1-2H3. The Labute approximate surface area is 78.2 Å². The lowest BCUT2D eigenvalue weighted by atomic mass is 10.3. The lowest BCUT2D eigenvalue weighted by Gasteiger charge is -1.85. The fraction of sp³-hybridized carbons (Fsp3) is 0.600. The molecule has 1 fully saturated rings. The third-order valence-corrected chi connectivity index (χ3v) is 1.80. The van der Waals surface area contributed by atoms with E-state index in [1.807, 2.05) is 13.8 Å². The summed E-state index contributed by atoms with van der Waals surface area (Å²) in [5.74, 6) is 1.55. The summed E-state index contributed by atoms with van der Waals surface area (Å²) in [4.78, 5) is 14.6. The second-order valence-electron chi connectivity index (χ2n) is 2.90. The van der Waals surface area contributed by atoms with Crippen LogP contribution in [0, 0.1) is 0 Å². The monoisotopic (exact) mass is 181 g/mol. The molecule has 0 unspecified atom stereocenters. The van der Waals surface area contributed by atoms with Crippen LogP contribution in [0.15, 0.2) is 10.6 Å². The molecule has 72 valence electrons. The Balaban J connectivity index is 0.000000396. The van der Waals surface area contributed by atoms with Gasteiger partial charge in [-0.3, -0.25) is 4.79 Å². The van der Waals surface area contributed by atoms with Crippen LogP contribution in [-0.4, -0.2) is 10.8 Å². The molecule has 1 heterocycles. The van der Waals surface area contributed by atoms with E-state index in [0.29, 0.717) is 5.92 Å². The van der Waals surface area contributed by atoms with Crippen LogP contribution in [0.4, 0.5) is 0 Å². The normalized spacial score (nSPS) is 14.7. The van der Waals surface area contributed by atoms with Gasteiger partial charge >= 0.3 is 0 Å². The van der Waals surface area contributed by atoms with Crippen molar-refractivity contribution >= 4 is 5.78 Å². The van der Waals surface area contributed by atoms with Gasteiger partial charge in [0.15, 0.2) is 0 Å². The van der Waals surface area contributed by atoms with Gasteiger partial charge in [0, 0.05) is 12.8 Å². The Morgan fingerprint density at radius 3 is 2.54 bits per heavy atom. The van der Waals surface area contributed by atoms with Gasteiger partial charge in [0.05, 0.1) is 6.20 Å². The van der Waals surface area contributed by atoms with Gasteiger partial charge in [0.2, 0.25) is 5.78 Å². The average molecular weight is 181 g/mol. The topological polar surface area (TPSA) is 43.1 Å². The molecule has 1 aromatic rings. The molecule has 1 aliphatic rings. The van der Waals surface area contributed by atoms with Gasteiger partial charge < -0.3 is 4.42 Å². The molecule has 0 aromatic carbocycles. The number of ketones is 1. The quantitative estimate of drug-likeness (QED) is 0.659. The Bertz CT molecular complexity index is 287. The largest absolute Gasteiger partial charge is 0.439 e. The number of aromatic nitrogens is 1. The predicted octanol–water partition coefficient (Wildman–Crippen LogP) is 2.78. The van der Waals surface area contributed by atoms with Crippen molar-refractivity contribution in [2.75, 3.05) is 0 Å². The minimum absolute atomic E-state index is 0.100. The van der Waals surface area contributed by atoms with Crippen LogP contribution in [0.3, 0.4) is 0 Å². The number of carbonyl (C=O) groups excluding carboxylic acids is 1. The molecule has 13 heavy (non-hydrogen) atoms. The van der Waals surface area contributed by atoms with Crippen LogP contribution in [0.2, 0.25) is 0 Å². The summed E-state index contributed by atoms with van der Waals surface area (Å²) in [6.07, 6.45) is 4.01. The second-order valence-corrected chi connectivity index (χ2v) is 2.90. The van der Waals surface area contributed by atoms with Crippen LogP contribution in [0.1, 0.15) is 56.0 Å². The molecule has 0 spiro atoms. The zero-order valence-corrected chi connectivity index (χ0v) is 8.33. The number of nitrogens with zero attached hydrogens (tertiary/aromatic N) is 1. The molecule has 2 rings (SSSR count). The first-order valence-corrected chi connectivity index (χ1v) is 4.74. The van der Waals surface area contributed by atoms with Crippen LogP contribution in [0.5, 0.6) is 0 Å². The maximum atomic E-state index is 10.7. The van der Waals surface area contributed by atoms with Crippen molar-refractivity contribution in [3.05, 3.63) is 17.8 Å². The number of Topliss-reactive ketones (excluding diaryl/α,β-unsaturated/α-hetero) is 1. The van der Waals surface area contributed by atoms with Crippen LogP contribution < -0.4 is 0 Å². The molecule has 0 N–H and O–H groups in total. The number of hydrogen-bond donors (Lipinski definition) is 0. The van der Waals surface area contributed by atoms with Gasteiger partial charge in [-0.25, -0.2) is 4.98 Å². The highest BCUT2D eigenvalue weighted by Gasteiger charge is 2.27. The Morgan fingerprint density at radius 1 is 1.54 bits per heavy atom. The van der Waals surface area contributed by atoms with Crippen molar-refractivity contribution in [3.8, 4) is 0 Å². The van der Waals surface area contributed by atoms with E-state index < -0.39 is 0 Å². The minimum atomic E-state index is -0.100. The Hall–Kier alpha value is -1.12. The van der Waals surface area contributed by atoms with E-state index in [9.17, 15) is 4.79 Å². The highest BCUT2D eigenvalue weighted by atomic mass is 16.4. The average Bonchev–Trinajstić information content (AvgIpc) is 2.87. The van der Waals surface area contributed by atoms with Gasteiger partial charge in [-0.1, -0.05) is 13.8 Å². The highest BCUT2D eigenvalue weighted by Crippen LogP contribution is 2.40. The molecule has 3 heteroatoms.